The van der Waals surface area contributed by atoms with Crippen LogP contribution in [0.2, 0.25) is 0 Å². The van der Waals surface area contributed by atoms with Gasteiger partial charge in [0.05, 0.1) is 0 Å². The number of ether oxygens (including phenoxy) is 2. The van der Waals surface area contributed by atoms with Crippen molar-refractivity contribution in [3.05, 3.63) is 23.5 Å². The van der Waals surface area contributed by atoms with Crippen molar-refractivity contribution < 1.29 is 19.2 Å². The Labute approximate surface area is 196 Å². The second kappa shape index (κ2) is 7.99. The number of nitrogens with zero attached hydrogens (tertiary/aromatic N) is 2. The van der Waals surface area contributed by atoms with Crippen LogP contribution in [0, 0.1) is 23.7 Å². The molecule has 0 N–H and O–H groups in total. The number of hydrogen-bond donors (Lipinski definition) is 0. The molecule has 0 radical (unpaired) electrons. The summed E-state index contributed by atoms with van der Waals surface area (Å²) in [5.41, 5.74) is 2.15. The molecule has 2 bridgehead atoms. The molecular weight excluding hydrogens is 424 g/mol. The van der Waals surface area contributed by atoms with Crippen molar-refractivity contribution in [1.29, 1.82) is 0 Å². The van der Waals surface area contributed by atoms with Crippen LogP contribution in [-0.2, 0) is 32.8 Å². The average Bonchev–Trinajstić information content (AvgIpc) is 2.98. The van der Waals surface area contributed by atoms with E-state index in [1.54, 1.807) is 0 Å². The summed E-state index contributed by atoms with van der Waals surface area (Å²) in [7, 11) is 2.20. The van der Waals surface area contributed by atoms with Gasteiger partial charge >= 0.3 is 0 Å². The average molecular weight is 463 g/mol. The molecule has 5 aliphatic heterocycles. The highest BCUT2D eigenvalue weighted by Gasteiger charge is 2.69. The van der Waals surface area contributed by atoms with Gasteiger partial charge in [-0.05, 0) is 56.1 Å². The van der Waals surface area contributed by atoms with Crippen molar-refractivity contribution in [2.24, 2.45) is 30.7 Å². The molecule has 1 aliphatic carbocycles. The molecule has 0 amide bonds. The molecule has 6 nitrogen and oxygen atoms in total. The molecule has 178 valence electrons. The van der Waals surface area contributed by atoms with Crippen molar-refractivity contribution in [3.63, 3.8) is 0 Å². The summed E-state index contributed by atoms with van der Waals surface area (Å²) in [6.45, 7) is 10.1. The van der Waals surface area contributed by atoms with E-state index in [-0.39, 0.29) is 12.4 Å². The van der Waals surface area contributed by atoms with Gasteiger partial charge in [0.25, 0.3) is 0 Å². The number of rotatable bonds is 3. The maximum atomic E-state index is 6.86. The number of hydrogen-bond acceptors (Lipinski definition) is 6. The third-order valence-corrected chi connectivity index (χ3v) is 10.1. The van der Waals surface area contributed by atoms with Crippen LogP contribution in [0.3, 0.4) is 0 Å². The summed E-state index contributed by atoms with van der Waals surface area (Å²) in [5, 5.41) is 0. The van der Waals surface area contributed by atoms with Crippen LogP contribution in [0.15, 0.2) is 12.1 Å². The quantitative estimate of drug-likeness (QED) is 0.617. The van der Waals surface area contributed by atoms with Crippen LogP contribution in [0.1, 0.15) is 63.9 Å². The highest BCUT2D eigenvalue weighted by Crippen LogP contribution is 2.62. The minimum Gasteiger partial charge on any atom is -0.348 e. The van der Waals surface area contributed by atoms with Crippen LogP contribution >= 0.6 is 11.8 Å². The molecule has 1 spiro atoms. The van der Waals surface area contributed by atoms with Crippen LogP contribution < -0.4 is 0 Å². The van der Waals surface area contributed by atoms with Gasteiger partial charge in [0, 0.05) is 61.9 Å². The highest BCUT2D eigenvalue weighted by molar-refractivity contribution is 7.99. The standard InChI is InChI=1S/C25H38N2O4S/c1-16-5-7-20-17(2)22(21-8-6-18(26(21)4)15-27-11-13-32-14-12-27)28-23-25(20)19(16)9-10-24(3,29-23)30-31-25/h6,8,16-17,19-20,22-23H,5,7,9-15H2,1-4H3/t16-,17-,19+,20+,22-,23-,24+,25-/m1/s1. The van der Waals surface area contributed by atoms with Gasteiger partial charge in [0.2, 0.25) is 5.79 Å². The molecule has 32 heavy (non-hydrogen) atoms. The van der Waals surface area contributed by atoms with Crippen molar-refractivity contribution in [2.75, 3.05) is 24.6 Å². The summed E-state index contributed by atoms with van der Waals surface area (Å²) in [6.07, 6.45) is 3.95. The van der Waals surface area contributed by atoms with Gasteiger partial charge in [-0.2, -0.15) is 11.8 Å². The molecule has 6 heterocycles. The molecular formula is C25H38N2O4S. The zero-order valence-corrected chi connectivity index (χ0v) is 20.7. The molecule has 6 fully saturated rings. The van der Waals surface area contributed by atoms with E-state index < -0.39 is 11.4 Å². The van der Waals surface area contributed by atoms with E-state index in [4.69, 9.17) is 19.2 Å². The summed E-state index contributed by atoms with van der Waals surface area (Å²) < 4.78 is 15.8. The van der Waals surface area contributed by atoms with E-state index in [2.05, 4.69) is 54.3 Å². The van der Waals surface area contributed by atoms with Gasteiger partial charge in [-0.3, -0.25) is 4.90 Å². The molecule has 7 heteroatoms. The Balaban J connectivity index is 1.31. The summed E-state index contributed by atoms with van der Waals surface area (Å²) >= 11 is 2.06. The summed E-state index contributed by atoms with van der Waals surface area (Å²) in [4.78, 5) is 14.9. The Bertz CT molecular complexity index is 857. The third-order valence-electron chi connectivity index (χ3n) is 9.20. The van der Waals surface area contributed by atoms with E-state index in [0.29, 0.717) is 23.7 Å². The maximum Gasteiger partial charge on any atom is 0.201 e. The summed E-state index contributed by atoms with van der Waals surface area (Å²) in [5.74, 6) is 3.48. The molecule has 6 aliphatic rings. The molecule has 0 unspecified atom stereocenters. The van der Waals surface area contributed by atoms with Crippen molar-refractivity contribution in [3.8, 4) is 0 Å². The maximum absolute atomic E-state index is 6.86. The second-order valence-electron chi connectivity index (χ2n) is 11.0. The first-order valence-corrected chi connectivity index (χ1v) is 13.7. The molecule has 1 aromatic rings. The number of fused-ring (bicyclic) bond motifs is 2. The van der Waals surface area contributed by atoms with Crippen molar-refractivity contribution in [2.45, 2.75) is 76.8 Å². The largest absolute Gasteiger partial charge is 0.348 e. The molecule has 1 saturated carbocycles. The van der Waals surface area contributed by atoms with E-state index in [1.165, 1.54) is 42.4 Å². The van der Waals surface area contributed by atoms with Gasteiger partial charge in [-0.1, -0.05) is 13.8 Å². The van der Waals surface area contributed by atoms with E-state index in [0.717, 1.165) is 25.8 Å². The molecule has 0 aromatic carbocycles. The van der Waals surface area contributed by atoms with Crippen LogP contribution in [0.25, 0.3) is 0 Å². The zero-order chi connectivity index (χ0) is 22.1. The first kappa shape index (κ1) is 21.9. The van der Waals surface area contributed by atoms with Gasteiger partial charge in [0.15, 0.2) is 11.9 Å². The monoisotopic (exact) mass is 462 g/mol. The Morgan fingerprint density at radius 1 is 1.06 bits per heavy atom. The van der Waals surface area contributed by atoms with Gasteiger partial charge < -0.3 is 14.0 Å². The molecule has 7 rings (SSSR count). The Morgan fingerprint density at radius 2 is 1.88 bits per heavy atom. The minimum absolute atomic E-state index is 0.00638. The van der Waals surface area contributed by atoms with E-state index in [1.807, 2.05) is 6.92 Å². The van der Waals surface area contributed by atoms with Crippen LogP contribution in [0.4, 0.5) is 0 Å². The number of thioether (sulfide) groups is 1. The van der Waals surface area contributed by atoms with Crippen LogP contribution in [0.5, 0.6) is 0 Å². The smallest absolute Gasteiger partial charge is 0.201 e. The SMILES string of the molecule is C[C@H]1[C@H](c2ccc(CN3CCSCC3)n2C)O[C@@H]2O[C@]3(C)CC[C@H]4[C@H](C)CC[C@@H]1[C@@]24OO3. The van der Waals surface area contributed by atoms with Gasteiger partial charge in [-0.25, -0.2) is 9.78 Å². The molecule has 5 saturated heterocycles. The van der Waals surface area contributed by atoms with E-state index in [9.17, 15) is 0 Å². The third kappa shape index (κ3) is 3.26. The van der Waals surface area contributed by atoms with Crippen molar-refractivity contribution in [1.82, 2.24) is 9.47 Å². The van der Waals surface area contributed by atoms with E-state index >= 15 is 0 Å². The normalized spacial score (nSPS) is 46.6. The fraction of sp³-hybridized carbons (Fsp3) is 0.840. The molecule has 1 aromatic heterocycles. The fourth-order valence-electron chi connectivity index (χ4n) is 7.25. The van der Waals surface area contributed by atoms with Gasteiger partial charge in [-0.15, -0.1) is 0 Å². The zero-order valence-electron chi connectivity index (χ0n) is 19.9. The Kier molecular flexibility index (Phi) is 5.48. The minimum atomic E-state index is -0.714. The lowest BCUT2D eigenvalue weighted by Gasteiger charge is -2.60. The van der Waals surface area contributed by atoms with Gasteiger partial charge in [0.1, 0.15) is 6.10 Å². The lowest BCUT2D eigenvalue weighted by atomic mass is 9.57. The predicted octanol–water partition coefficient (Wildman–Crippen LogP) is 4.50. The fourth-order valence-corrected chi connectivity index (χ4v) is 8.23. The lowest BCUT2D eigenvalue weighted by Crippen LogP contribution is -2.69. The number of aromatic nitrogens is 1. The highest BCUT2D eigenvalue weighted by atomic mass is 32.2. The topological polar surface area (TPSA) is 45.1 Å². The Morgan fingerprint density at radius 3 is 2.69 bits per heavy atom. The second-order valence-corrected chi connectivity index (χ2v) is 12.2. The van der Waals surface area contributed by atoms with Crippen molar-refractivity contribution >= 4 is 11.8 Å². The molecule has 8 atom stereocenters. The first-order valence-electron chi connectivity index (χ1n) is 12.6. The lowest BCUT2D eigenvalue weighted by molar-refractivity contribution is -0.571. The first-order chi connectivity index (χ1) is 15.4. The summed E-state index contributed by atoms with van der Waals surface area (Å²) in [6, 6.07) is 4.58. The van der Waals surface area contributed by atoms with Crippen LogP contribution in [-0.4, -0.2) is 51.7 Å². The predicted molar refractivity (Wildman–Crippen MR) is 124 cm³/mol. The Hall–Kier alpha value is -0.570.